The van der Waals surface area contributed by atoms with Crippen molar-refractivity contribution in [1.29, 1.82) is 0 Å². The number of carbonyl (C=O) groups is 1. The summed E-state index contributed by atoms with van der Waals surface area (Å²) in [6, 6.07) is 3.42. The molecule has 3 N–H and O–H groups in total. The lowest BCUT2D eigenvalue weighted by molar-refractivity contribution is -0.137. The number of likely N-dealkylation sites (N-methyl/N-ethyl adjacent to an activating group) is 1. The molecule has 10 heteroatoms. The van der Waals surface area contributed by atoms with Crippen LogP contribution in [0.15, 0.2) is 18.2 Å². The van der Waals surface area contributed by atoms with E-state index >= 15 is 0 Å². The summed E-state index contributed by atoms with van der Waals surface area (Å²) in [6.45, 7) is 7.49. The van der Waals surface area contributed by atoms with Crippen molar-refractivity contribution in [3.8, 4) is 0 Å². The molecule has 0 atom stereocenters. The summed E-state index contributed by atoms with van der Waals surface area (Å²) >= 11 is 0. The Morgan fingerprint density at radius 3 is 2.22 bits per heavy atom. The molecular weight excluding hydrogens is 404 g/mol. The van der Waals surface area contributed by atoms with Crippen LogP contribution in [0, 0.1) is 0 Å². The van der Waals surface area contributed by atoms with Gasteiger partial charge in [0, 0.05) is 51.4 Å². The van der Waals surface area contributed by atoms with Gasteiger partial charge in [-0.2, -0.15) is 13.2 Å². The Morgan fingerprint density at radius 2 is 1.70 bits per heavy atom. The van der Waals surface area contributed by atoms with Gasteiger partial charge in [-0.1, -0.05) is 6.92 Å². The molecule has 0 saturated carbocycles. The number of nitrogens with one attached hydrogen (secondary N) is 1. The number of amides is 1. The zero-order valence-electron chi connectivity index (χ0n) is 15.2. The number of halogens is 5. The lowest BCUT2D eigenvalue weighted by atomic mass is 10.1. The zero-order valence-corrected chi connectivity index (χ0v) is 16.9. The SMILES string of the molecule is CCN1CCN(CCC(=O)Nc2cc(CN)cc(C(F)(F)F)c2)CC1.Cl.Cl. The number of nitrogens with zero attached hydrogens (tertiary/aromatic N) is 2. The molecule has 0 aliphatic carbocycles. The molecule has 1 saturated heterocycles. The minimum atomic E-state index is -4.47. The van der Waals surface area contributed by atoms with Gasteiger partial charge in [0.1, 0.15) is 0 Å². The van der Waals surface area contributed by atoms with Crippen LogP contribution in [0.3, 0.4) is 0 Å². The fourth-order valence-corrected chi connectivity index (χ4v) is 2.86. The monoisotopic (exact) mass is 430 g/mol. The van der Waals surface area contributed by atoms with Crippen molar-refractivity contribution in [1.82, 2.24) is 9.80 Å². The molecule has 1 heterocycles. The molecule has 2 rings (SSSR count). The summed E-state index contributed by atoms with van der Waals surface area (Å²) in [7, 11) is 0. The first-order valence-electron chi connectivity index (χ1n) is 8.47. The number of benzene rings is 1. The fourth-order valence-electron chi connectivity index (χ4n) is 2.86. The quantitative estimate of drug-likeness (QED) is 0.727. The average Bonchev–Trinajstić information content (AvgIpc) is 2.59. The molecule has 0 spiro atoms. The third-order valence-electron chi connectivity index (χ3n) is 4.41. The minimum absolute atomic E-state index is 0. The highest BCUT2D eigenvalue weighted by Gasteiger charge is 2.31. The Labute approximate surface area is 170 Å². The molecule has 0 aromatic heterocycles. The summed E-state index contributed by atoms with van der Waals surface area (Å²) in [5.41, 5.74) is 5.11. The Bertz CT molecular complexity index is 594. The smallest absolute Gasteiger partial charge is 0.326 e. The topological polar surface area (TPSA) is 61.6 Å². The maximum atomic E-state index is 12.9. The van der Waals surface area contributed by atoms with Crippen LogP contribution in [-0.2, 0) is 17.5 Å². The van der Waals surface area contributed by atoms with E-state index in [9.17, 15) is 18.0 Å². The van der Waals surface area contributed by atoms with Gasteiger partial charge in [-0.05, 0) is 30.3 Å². The molecule has 27 heavy (non-hydrogen) atoms. The largest absolute Gasteiger partial charge is 0.416 e. The van der Waals surface area contributed by atoms with Crippen LogP contribution < -0.4 is 11.1 Å². The van der Waals surface area contributed by atoms with E-state index < -0.39 is 11.7 Å². The molecule has 1 aromatic rings. The molecule has 5 nitrogen and oxygen atoms in total. The van der Waals surface area contributed by atoms with Crippen molar-refractivity contribution in [3.05, 3.63) is 29.3 Å². The maximum absolute atomic E-state index is 12.9. The van der Waals surface area contributed by atoms with E-state index in [0.29, 0.717) is 12.1 Å². The van der Waals surface area contributed by atoms with Gasteiger partial charge in [0.15, 0.2) is 0 Å². The summed E-state index contributed by atoms with van der Waals surface area (Å²) in [4.78, 5) is 16.6. The fraction of sp³-hybridized carbons (Fsp3) is 0.588. The predicted molar refractivity (Wildman–Crippen MR) is 106 cm³/mol. The number of piperazine rings is 1. The molecule has 1 amide bonds. The molecule has 1 aliphatic heterocycles. The Kier molecular flexibility index (Phi) is 11.2. The number of anilines is 1. The normalized spacial score (nSPS) is 15.6. The lowest BCUT2D eigenvalue weighted by Gasteiger charge is -2.33. The number of hydrogen-bond donors (Lipinski definition) is 2. The van der Waals surface area contributed by atoms with Gasteiger partial charge < -0.3 is 20.9 Å². The summed E-state index contributed by atoms with van der Waals surface area (Å²) in [5.74, 6) is -0.291. The van der Waals surface area contributed by atoms with Gasteiger partial charge in [0.2, 0.25) is 5.91 Å². The number of alkyl halides is 3. The highest BCUT2D eigenvalue weighted by Crippen LogP contribution is 2.32. The van der Waals surface area contributed by atoms with Gasteiger partial charge in [0.05, 0.1) is 5.56 Å². The molecule has 0 bridgehead atoms. The molecular formula is C17H27Cl2F3N4O. The standard InChI is InChI=1S/C17H25F3N4O.2ClH/c1-2-23-5-7-24(8-6-23)4-3-16(25)22-15-10-13(12-21)9-14(11-15)17(18,19)20;;/h9-11H,2-8,12,21H2,1H3,(H,22,25);2*1H. The van der Waals surface area contributed by atoms with Crippen LogP contribution in [0.5, 0.6) is 0 Å². The highest BCUT2D eigenvalue weighted by molar-refractivity contribution is 5.91. The number of nitrogens with two attached hydrogens (primary N) is 1. The Morgan fingerprint density at radius 1 is 1.11 bits per heavy atom. The van der Waals surface area contributed by atoms with Crippen molar-refractivity contribution in [2.24, 2.45) is 5.73 Å². The second kappa shape index (κ2) is 11.7. The van der Waals surface area contributed by atoms with E-state index in [-0.39, 0.29) is 49.4 Å². The molecule has 156 valence electrons. The van der Waals surface area contributed by atoms with E-state index in [2.05, 4.69) is 22.0 Å². The van der Waals surface area contributed by atoms with Crippen LogP contribution in [0.25, 0.3) is 0 Å². The molecule has 1 aromatic carbocycles. The van der Waals surface area contributed by atoms with Crippen LogP contribution in [0.2, 0.25) is 0 Å². The summed E-state index contributed by atoms with van der Waals surface area (Å²) in [6.07, 6.45) is -4.22. The molecule has 0 radical (unpaired) electrons. The van der Waals surface area contributed by atoms with Crippen molar-refractivity contribution in [2.45, 2.75) is 26.1 Å². The Hall–Kier alpha value is -1.06. The predicted octanol–water partition coefficient (Wildman–Crippen LogP) is 2.97. The highest BCUT2D eigenvalue weighted by atomic mass is 35.5. The van der Waals surface area contributed by atoms with E-state index in [1.807, 2.05) is 0 Å². The zero-order chi connectivity index (χ0) is 18.4. The first kappa shape index (κ1) is 25.9. The number of hydrogen-bond acceptors (Lipinski definition) is 4. The van der Waals surface area contributed by atoms with Crippen molar-refractivity contribution < 1.29 is 18.0 Å². The summed E-state index contributed by atoms with van der Waals surface area (Å²) in [5, 5.41) is 2.56. The second-order valence-electron chi connectivity index (χ2n) is 6.19. The van der Waals surface area contributed by atoms with Crippen LogP contribution in [0.4, 0.5) is 18.9 Å². The number of carbonyl (C=O) groups excluding carboxylic acids is 1. The summed E-state index contributed by atoms with van der Waals surface area (Å²) < 4.78 is 38.7. The van der Waals surface area contributed by atoms with E-state index in [1.165, 1.54) is 6.07 Å². The molecule has 0 unspecified atom stereocenters. The van der Waals surface area contributed by atoms with Gasteiger partial charge in [-0.15, -0.1) is 24.8 Å². The Balaban J connectivity index is 0.00000338. The van der Waals surface area contributed by atoms with Gasteiger partial charge in [-0.25, -0.2) is 0 Å². The number of rotatable bonds is 6. The van der Waals surface area contributed by atoms with Crippen LogP contribution in [-0.4, -0.2) is 55.0 Å². The van der Waals surface area contributed by atoms with Crippen molar-refractivity contribution in [2.75, 3.05) is 44.6 Å². The minimum Gasteiger partial charge on any atom is -0.326 e. The van der Waals surface area contributed by atoms with Crippen molar-refractivity contribution in [3.63, 3.8) is 0 Å². The van der Waals surface area contributed by atoms with E-state index in [4.69, 9.17) is 5.73 Å². The third-order valence-corrected chi connectivity index (χ3v) is 4.41. The van der Waals surface area contributed by atoms with Gasteiger partial charge in [-0.3, -0.25) is 4.79 Å². The maximum Gasteiger partial charge on any atom is 0.416 e. The first-order chi connectivity index (χ1) is 11.8. The third kappa shape index (κ3) is 8.23. The second-order valence-corrected chi connectivity index (χ2v) is 6.19. The molecule has 1 fully saturated rings. The first-order valence-corrected chi connectivity index (χ1v) is 8.47. The van der Waals surface area contributed by atoms with E-state index in [0.717, 1.165) is 44.9 Å². The lowest BCUT2D eigenvalue weighted by Crippen LogP contribution is -2.46. The van der Waals surface area contributed by atoms with Gasteiger partial charge in [0.25, 0.3) is 0 Å². The van der Waals surface area contributed by atoms with E-state index in [1.54, 1.807) is 0 Å². The average molecular weight is 431 g/mol. The molecule has 1 aliphatic rings. The van der Waals surface area contributed by atoms with Crippen molar-refractivity contribution >= 4 is 36.4 Å². The van der Waals surface area contributed by atoms with Gasteiger partial charge >= 0.3 is 6.18 Å². The van der Waals surface area contributed by atoms with Crippen LogP contribution in [0.1, 0.15) is 24.5 Å². The van der Waals surface area contributed by atoms with Crippen LogP contribution >= 0.6 is 24.8 Å².